The van der Waals surface area contributed by atoms with Gasteiger partial charge in [-0.05, 0) is 287 Å². The number of halogens is 1. The Balaban J connectivity index is 0.000000129. The number of nitrogens with zero attached hydrogens (tertiary/aromatic N) is 12. The second kappa shape index (κ2) is 40.9. The average Bonchev–Trinajstić information content (AvgIpc) is 0.797. The monoisotopic (exact) mass is 1680 g/mol. The van der Waals surface area contributed by atoms with Crippen LogP contribution in [-0.4, -0.2) is 59.8 Å². The maximum Gasteiger partial charge on any atom is 0.0900 e. The van der Waals surface area contributed by atoms with Crippen molar-refractivity contribution in [2.24, 2.45) is 0 Å². The molecule has 126 heavy (non-hydrogen) atoms. The third-order valence-corrected chi connectivity index (χ3v) is 23.8. The van der Waals surface area contributed by atoms with Crippen LogP contribution in [-0.2, 0) is 16.2 Å². The van der Waals surface area contributed by atoms with Gasteiger partial charge in [0.05, 0.1) is 91.1 Å². The molecule has 0 saturated carbocycles. The van der Waals surface area contributed by atoms with E-state index in [0.717, 1.165) is 119 Å². The molecular formula is C112H102ClN12P. The lowest BCUT2D eigenvalue weighted by atomic mass is 9.84. The summed E-state index contributed by atoms with van der Waals surface area (Å²) in [6, 6.07) is 114. The molecule has 0 spiro atoms. The van der Waals surface area contributed by atoms with E-state index in [-0.39, 0.29) is 16.2 Å². The molecule has 0 unspecified atom stereocenters. The zero-order valence-electron chi connectivity index (χ0n) is 73.6. The minimum absolute atomic E-state index is 0.00425. The van der Waals surface area contributed by atoms with Gasteiger partial charge in [0.2, 0.25) is 0 Å². The van der Waals surface area contributed by atoms with Gasteiger partial charge in [-0.3, -0.25) is 39.9 Å². The summed E-state index contributed by atoms with van der Waals surface area (Å²) in [7, 11) is -0.446. The standard InChI is InChI=1S/C27H35N3.C24H21N3.C22H17N3.C21H14ClN3.C18H15P/c1-25(2,3)18-10-12-28-21(14-18)23-16-20(27(7,8)9)17-24(30-23)22-15-19(11-13-29-22)26(4,5)6;1-16-12-17(2)24(18(3)13-16)19-14-22(20-8-4-6-10-25-20)27-23(15-19)21-9-5-7-11-26-21;1-16-8-10-17(11-9-16)18-14-21(19-6-2-4-12-23-19)25-22(15-18)20-7-3-5-13-24-20;22-17-9-7-15(8-10-17)16-13-20(18-5-1-3-11-23-18)25-21(14-16)19-6-2-4-12-24-19;1-4-10-16(11-5-1)19(17-12-6-2-7-13-17)18-14-8-3-9-15-18/h10-17H,1-9H3;4-15H,1-3H3;2-15H,1H3;1-14H;1-15H. The third kappa shape index (κ3) is 23.4. The molecule has 0 radical (unpaired) electrons. The van der Waals surface area contributed by atoms with Gasteiger partial charge in [0.25, 0.3) is 0 Å². The van der Waals surface area contributed by atoms with Crippen LogP contribution in [0, 0.1) is 27.7 Å². The highest BCUT2D eigenvalue weighted by Crippen LogP contribution is 2.39. The van der Waals surface area contributed by atoms with Crippen LogP contribution in [0.1, 0.15) is 101 Å². The number of aromatic nitrogens is 12. The molecule has 12 nitrogen and oxygen atoms in total. The maximum absolute atomic E-state index is 6.02. The number of aryl methyl sites for hydroxylation is 4. The van der Waals surface area contributed by atoms with Crippen LogP contribution in [0.2, 0.25) is 5.02 Å². The van der Waals surface area contributed by atoms with Gasteiger partial charge in [-0.15, -0.1) is 0 Å². The van der Waals surface area contributed by atoms with Crippen LogP contribution in [0.4, 0.5) is 0 Å². The molecule has 0 atom stereocenters. The van der Waals surface area contributed by atoms with Crippen LogP contribution in [0.5, 0.6) is 0 Å². The van der Waals surface area contributed by atoms with E-state index in [0.29, 0.717) is 5.02 Å². The first kappa shape index (κ1) is 88.2. The van der Waals surface area contributed by atoms with Crippen molar-refractivity contribution < 1.29 is 0 Å². The Morgan fingerprint density at radius 1 is 0.206 bits per heavy atom. The molecule has 18 rings (SSSR count). The highest BCUT2D eigenvalue weighted by atomic mass is 35.5. The van der Waals surface area contributed by atoms with Crippen LogP contribution in [0.3, 0.4) is 0 Å². The van der Waals surface area contributed by atoms with Crippen molar-refractivity contribution in [1.29, 1.82) is 0 Å². The summed E-state index contributed by atoms with van der Waals surface area (Å²) in [4.78, 5) is 55.5. The largest absolute Gasteiger partial charge is 0.255 e. The van der Waals surface area contributed by atoms with Crippen LogP contribution in [0.25, 0.3) is 124 Å². The average molecular weight is 1680 g/mol. The van der Waals surface area contributed by atoms with Crippen molar-refractivity contribution in [3.8, 4) is 124 Å². The summed E-state index contributed by atoms with van der Waals surface area (Å²) in [6.07, 6.45) is 14.5. The van der Waals surface area contributed by atoms with Gasteiger partial charge in [-0.2, -0.15) is 0 Å². The fourth-order valence-corrected chi connectivity index (χ4v) is 16.9. The molecule has 12 heterocycles. The van der Waals surface area contributed by atoms with E-state index in [1.165, 1.54) is 60.4 Å². The second-order valence-electron chi connectivity index (χ2n) is 33.9. The lowest BCUT2D eigenvalue weighted by Gasteiger charge is -2.22. The number of rotatable bonds is 14. The fourth-order valence-electron chi connectivity index (χ4n) is 14.4. The molecule has 0 aliphatic heterocycles. The molecule has 12 aromatic heterocycles. The van der Waals surface area contributed by atoms with Gasteiger partial charge in [0.1, 0.15) is 0 Å². The van der Waals surface area contributed by atoms with Crippen molar-refractivity contribution in [1.82, 2.24) is 59.8 Å². The maximum atomic E-state index is 6.02. The van der Waals surface area contributed by atoms with Gasteiger partial charge >= 0.3 is 0 Å². The summed E-state index contributed by atoms with van der Waals surface area (Å²) < 4.78 is 0. The number of hydrogen-bond acceptors (Lipinski definition) is 12. The van der Waals surface area contributed by atoms with Crippen molar-refractivity contribution in [3.05, 3.63) is 427 Å². The molecule has 6 aromatic carbocycles. The van der Waals surface area contributed by atoms with Crippen LogP contribution < -0.4 is 15.9 Å². The van der Waals surface area contributed by atoms with Crippen molar-refractivity contribution in [2.75, 3.05) is 0 Å². The molecular weight excluding hydrogens is 1580 g/mol. The quantitative estimate of drug-likeness (QED) is 0.0952. The Bertz CT molecular complexity index is 6050. The van der Waals surface area contributed by atoms with E-state index in [1.807, 2.05) is 158 Å². The van der Waals surface area contributed by atoms with E-state index in [1.54, 1.807) is 37.2 Å². The highest BCUT2D eigenvalue weighted by Gasteiger charge is 2.24. The predicted octanol–water partition coefficient (Wildman–Crippen LogP) is 27.0. The van der Waals surface area contributed by atoms with E-state index < -0.39 is 7.92 Å². The van der Waals surface area contributed by atoms with Crippen molar-refractivity contribution >= 4 is 35.4 Å². The molecule has 0 saturated heterocycles. The van der Waals surface area contributed by atoms with Crippen molar-refractivity contribution in [3.63, 3.8) is 0 Å². The lowest BCUT2D eigenvalue weighted by Crippen LogP contribution is -2.20. The molecule has 0 N–H and O–H groups in total. The number of benzene rings is 6. The molecule has 0 aliphatic rings. The first-order valence-corrected chi connectivity index (χ1v) is 44.0. The summed E-state index contributed by atoms with van der Waals surface area (Å²) in [5, 5.41) is 4.91. The van der Waals surface area contributed by atoms with E-state index in [2.05, 4.69) is 318 Å². The summed E-state index contributed by atoms with van der Waals surface area (Å²) in [6.45, 7) is 28.6. The molecule has 18 aromatic rings. The number of hydrogen-bond donors (Lipinski definition) is 0. The summed E-state index contributed by atoms with van der Waals surface area (Å²) in [5.74, 6) is 0. The summed E-state index contributed by atoms with van der Waals surface area (Å²) in [5.41, 5.74) is 29.4. The van der Waals surface area contributed by atoms with E-state index in [9.17, 15) is 0 Å². The molecule has 0 bridgehead atoms. The van der Waals surface area contributed by atoms with Gasteiger partial charge in [0.15, 0.2) is 0 Å². The second-order valence-corrected chi connectivity index (χ2v) is 36.5. The normalized spacial score (nSPS) is 11.2. The van der Waals surface area contributed by atoms with Gasteiger partial charge in [-0.1, -0.05) is 261 Å². The van der Waals surface area contributed by atoms with Crippen LogP contribution in [0.15, 0.2) is 383 Å². The lowest BCUT2D eigenvalue weighted by molar-refractivity contribution is 0.587. The minimum atomic E-state index is -0.446. The Labute approximate surface area is 748 Å². The SMILES string of the molecule is CC(C)(C)c1ccnc(-c2cc(C(C)(C)C)cc(-c3cc(C(C)(C)C)ccn3)n2)c1.Cc1cc(C)c(-c2cc(-c3ccccn3)nc(-c3ccccn3)c2)c(C)c1.Cc1ccc(-c2cc(-c3ccccn3)nc(-c3ccccn3)c2)cc1.Clc1ccc(-c2cc(-c3ccccn3)nc(-c3ccccn3)c2)cc1.c1ccc(P(c2ccccc2)c2ccccc2)cc1. The fraction of sp³-hybridized carbons (Fsp3) is 0.143. The first-order chi connectivity index (χ1) is 60.9. The zero-order chi connectivity index (χ0) is 88.2. The molecule has 622 valence electrons. The Hall–Kier alpha value is -14.2. The van der Waals surface area contributed by atoms with Gasteiger partial charge in [0, 0.05) is 54.6 Å². The molecule has 0 fully saturated rings. The Morgan fingerprint density at radius 2 is 0.460 bits per heavy atom. The minimum Gasteiger partial charge on any atom is -0.255 e. The van der Waals surface area contributed by atoms with Gasteiger partial charge < -0.3 is 0 Å². The topological polar surface area (TPSA) is 155 Å². The predicted molar refractivity (Wildman–Crippen MR) is 524 cm³/mol. The van der Waals surface area contributed by atoms with E-state index in [4.69, 9.17) is 31.5 Å². The molecule has 0 aliphatic carbocycles. The summed E-state index contributed by atoms with van der Waals surface area (Å²) >= 11 is 6.02. The Kier molecular flexibility index (Phi) is 28.6. The Morgan fingerprint density at radius 3 is 0.738 bits per heavy atom. The smallest absolute Gasteiger partial charge is 0.0900 e. The van der Waals surface area contributed by atoms with Crippen molar-refractivity contribution in [2.45, 2.75) is 106 Å². The molecule has 0 amide bonds. The van der Waals surface area contributed by atoms with Gasteiger partial charge in [-0.25, -0.2) is 19.9 Å². The highest BCUT2D eigenvalue weighted by molar-refractivity contribution is 7.79. The third-order valence-electron chi connectivity index (χ3n) is 21.1. The first-order valence-electron chi connectivity index (χ1n) is 42.3. The van der Waals surface area contributed by atoms with E-state index >= 15 is 0 Å². The zero-order valence-corrected chi connectivity index (χ0v) is 75.2. The number of pyridine rings is 12. The molecule has 14 heteroatoms. The van der Waals surface area contributed by atoms with Crippen LogP contribution >= 0.6 is 19.5 Å².